The molecule has 1 aromatic carbocycles. The molecule has 2 aromatic rings. The molecule has 0 fully saturated rings. The highest BCUT2D eigenvalue weighted by molar-refractivity contribution is 7.84. The molecule has 2 N–H and O–H groups in total. The number of hydrogen-bond donors (Lipinski definition) is 1. The van der Waals surface area contributed by atoms with Crippen LogP contribution in [-0.2, 0) is 17.3 Å². The van der Waals surface area contributed by atoms with Gasteiger partial charge in [0.2, 0.25) is 0 Å². The summed E-state index contributed by atoms with van der Waals surface area (Å²) in [6.07, 6.45) is 1.63. The van der Waals surface area contributed by atoms with Gasteiger partial charge >= 0.3 is 0 Å². The summed E-state index contributed by atoms with van der Waals surface area (Å²) in [5, 5.41) is 11.3. The number of anilines is 1. The molecule has 1 aromatic heterocycles. The van der Waals surface area contributed by atoms with Crippen LogP contribution in [0.3, 0.4) is 0 Å². The van der Waals surface area contributed by atoms with Gasteiger partial charge in [-0.3, -0.25) is 4.21 Å². The third-order valence-corrected chi connectivity index (χ3v) is 4.07. The van der Waals surface area contributed by atoms with Gasteiger partial charge in [-0.25, -0.2) is 9.07 Å². The van der Waals surface area contributed by atoms with Crippen LogP contribution in [0.15, 0.2) is 18.2 Å². The second-order valence-electron chi connectivity index (χ2n) is 4.23. The lowest BCUT2D eigenvalue weighted by Crippen LogP contribution is -2.19. The van der Waals surface area contributed by atoms with Gasteiger partial charge in [0.15, 0.2) is 5.82 Å². The molecule has 0 amide bonds. The molecule has 0 aliphatic carbocycles. The molecule has 0 spiro atoms. The standard InChI is InChI=1S/C11H14FN5OS/c1-7(19(2)18)6-17-11(14-15-16-17)8-3-4-9(12)10(13)5-8/h3-5,7H,6,13H2,1-2H3. The minimum absolute atomic E-state index is 0.0409. The molecule has 0 aliphatic heterocycles. The largest absolute Gasteiger partial charge is 0.396 e. The predicted octanol–water partition coefficient (Wildman–Crippen LogP) is 0.828. The Bertz CT molecular complexity index is 615. The Morgan fingerprint density at radius 3 is 2.89 bits per heavy atom. The molecule has 0 bridgehead atoms. The van der Waals surface area contributed by atoms with E-state index in [4.69, 9.17) is 5.73 Å². The first-order valence-electron chi connectivity index (χ1n) is 5.63. The molecule has 19 heavy (non-hydrogen) atoms. The number of nitrogens with two attached hydrogens (primary N) is 1. The third kappa shape index (κ3) is 2.95. The van der Waals surface area contributed by atoms with Crippen LogP contribution in [0.25, 0.3) is 11.4 Å². The van der Waals surface area contributed by atoms with Crippen molar-refractivity contribution in [2.24, 2.45) is 0 Å². The molecular weight excluding hydrogens is 269 g/mol. The smallest absolute Gasteiger partial charge is 0.182 e. The number of tetrazole rings is 1. The van der Waals surface area contributed by atoms with Crippen LogP contribution in [0.5, 0.6) is 0 Å². The average molecular weight is 283 g/mol. The van der Waals surface area contributed by atoms with Gasteiger partial charge < -0.3 is 5.73 Å². The Kier molecular flexibility index (Phi) is 3.89. The molecule has 0 aliphatic rings. The minimum atomic E-state index is -0.969. The first-order chi connectivity index (χ1) is 8.99. The summed E-state index contributed by atoms with van der Waals surface area (Å²) in [6.45, 7) is 2.27. The molecule has 0 saturated heterocycles. The van der Waals surface area contributed by atoms with Gasteiger partial charge in [0.25, 0.3) is 0 Å². The summed E-state index contributed by atoms with van der Waals surface area (Å²) in [5.41, 5.74) is 6.19. The van der Waals surface area contributed by atoms with Crippen LogP contribution < -0.4 is 5.73 Å². The van der Waals surface area contributed by atoms with E-state index in [0.717, 1.165) is 0 Å². The van der Waals surface area contributed by atoms with Crippen LogP contribution in [0.1, 0.15) is 6.92 Å². The van der Waals surface area contributed by atoms with Gasteiger partial charge in [0, 0.05) is 22.6 Å². The zero-order valence-corrected chi connectivity index (χ0v) is 11.4. The zero-order chi connectivity index (χ0) is 14.0. The van der Waals surface area contributed by atoms with E-state index in [9.17, 15) is 8.60 Å². The fourth-order valence-electron chi connectivity index (χ4n) is 1.57. The predicted molar refractivity (Wildman–Crippen MR) is 71.2 cm³/mol. The lowest BCUT2D eigenvalue weighted by atomic mass is 10.2. The molecule has 2 unspecified atom stereocenters. The number of aromatic nitrogens is 4. The molecule has 1 heterocycles. The molecule has 0 radical (unpaired) electrons. The molecule has 0 saturated carbocycles. The van der Waals surface area contributed by atoms with Crippen LogP contribution in [0, 0.1) is 5.82 Å². The van der Waals surface area contributed by atoms with Crippen LogP contribution >= 0.6 is 0 Å². The summed E-state index contributed by atoms with van der Waals surface area (Å²) in [4.78, 5) is 0. The topological polar surface area (TPSA) is 86.7 Å². The van der Waals surface area contributed by atoms with E-state index >= 15 is 0 Å². The lowest BCUT2D eigenvalue weighted by Gasteiger charge is -2.09. The number of benzene rings is 1. The normalized spacial score (nSPS) is 14.3. The van der Waals surface area contributed by atoms with Crippen LogP contribution in [0.2, 0.25) is 0 Å². The number of nitrogen functional groups attached to an aromatic ring is 1. The van der Waals surface area contributed by atoms with Crippen molar-refractivity contribution in [1.82, 2.24) is 20.2 Å². The fourth-order valence-corrected chi connectivity index (χ4v) is 1.92. The van der Waals surface area contributed by atoms with E-state index in [2.05, 4.69) is 15.5 Å². The molecule has 6 nitrogen and oxygen atoms in total. The monoisotopic (exact) mass is 283 g/mol. The van der Waals surface area contributed by atoms with Crippen molar-refractivity contribution in [3.8, 4) is 11.4 Å². The summed E-state index contributed by atoms with van der Waals surface area (Å²) in [7, 11) is -0.969. The van der Waals surface area contributed by atoms with Crippen LogP contribution in [-0.4, -0.2) is 35.9 Å². The first kappa shape index (κ1) is 13.6. The van der Waals surface area contributed by atoms with Crippen molar-refractivity contribution in [2.75, 3.05) is 12.0 Å². The van der Waals surface area contributed by atoms with Crippen molar-refractivity contribution in [3.63, 3.8) is 0 Å². The van der Waals surface area contributed by atoms with Crippen molar-refractivity contribution in [3.05, 3.63) is 24.0 Å². The van der Waals surface area contributed by atoms with E-state index in [-0.39, 0.29) is 10.9 Å². The fraction of sp³-hybridized carbons (Fsp3) is 0.364. The van der Waals surface area contributed by atoms with Crippen molar-refractivity contribution in [2.45, 2.75) is 18.7 Å². The summed E-state index contributed by atoms with van der Waals surface area (Å²) in [5.74, 6) is -0.00481. The van der Waals surface area contributed by atoms with Crippen LogP contribution in [0.4, 0.5) is 10.1 Å². The Balaban J connectivity index is 2.33. The second kappa shape index (κ2) is 5.43. The zero-order valence-electron chi connectivity index (χ0n) is 10.6. The number of hydrogen-bond acceptors (Lipinski definition) is 5. The highest BCUT2D eigenvalue weighted by Gasteiger charge is 2.14. The molecule has 2 rings (SSSR count). The maximum Gasteiger partial charge on any atom is 0.182 e. The Morgan fingerprint density at radius 2 is 2.26 bits per heavy atom. The SMILES string of the molecule is CC(Cn1nnnc1-c1ccc(F)c(N)c1)S(C)=O. The molecule has 102 valence electrons. The number of rotatable bonds is 4. The number of halogens is 1. The maximum absolute atomic E-state index is 13.1. The van der Waals surface area contributed by atoms with Gasteiger partial charge in [0.1, 0.15) is 5.82 Å². The van der Waals surface area contributed by atoms with Gasteiger partial charge in [0.05, 0.1) is 17.5 Å². The second-order valence-corrected chi connectivity index (χ2v) is 6.03. The van der Waals surface area contributed by atoms with Gasteiger partial charge in [-0.15, -0.1) is 5.10 Å². The van der Waals surface area contributed by atoms with Gasteiger partial charge in [-0.05, 0) is 35.5 Å². The Hall–Kier alpha value is -1.83. The maximum atomic E-state index is 13.1. The summed E-state index contributed by atoms with van der Waals surface area (Å²) in [6, 6.07) is 4.30. The Morgan fingerprint density at radius 1 is 1.53 bits per heavy atom. The average Bonchev–Trinajstić information content (AvgIpc) is 2.80. The lowest BCUT2D eigenvalue weighted by molar-refractivity contribution is 0.579. The van der Waals surface area contributed by atoms with Crippen molar-refractivity contribution in [1.29, 1.82) is 0 Å². The van der Waals surface area contributed by atoms with E-state index in [0.29, 0.717) is 17.9 Å². The van der Waals surface area contributed by atoms with E-state index in [1.165, 1.54) is 12.1 Å². The molecule has 8 heteroatoms. The summed E-state index contributed by atoms with van der Waals surface area (Å²) >= 11 is 0. The van der Waals surface area contributed by atoms with E-state index in [1.54, 1.807) is 17.0 Å². The first-order valence-corrected chi connectivity index (χ1v) is 7.25. The van der Waals surface area contributed by atoms with Crippen molar-refractivity contribution < 1.29 is 8.60 Å². The quantitative estimate of drug-likeness (QED) is 0.840. The summed E-state index contributed by atoms with van der Waals surface area (Å²) < 4.78 is 26.0. The highest BCUT2D eigenvalue weighted by Crippen LogP contribution is 2.21. The highest BCUT2D eigenvalue weighted by atomic mass is 32.2. The van der Waals surface area contributed by atoms with Crippen molar-refractivity contribution >= 4 is 16.5 Å². The minimum Gasteiger partial charge on any atom is -0.396 e. The Labute approximate surface area is 112 Å². The number of nitrogens with zero attached hydrogens (tertiary/aromatic N) is 4. The van der Waals surface area contributed by atoms with E-state index < -0.39 is 16.6 Å². The van der Waals surface area contributed by atoms with Gasteiger partial charge in [-0.1, -0.05) is 0 Å². The molecular formula is C11H14FN5OS. The third-order valence-electron chi connectivity index (χ3n) is 2.78. The molecule has 2 atom stereocenters. The van der Waals surface area contributed by atoms with E-state index in [1.807, 2.05) is 6.92 Å². The van der Waals surface area contributed by atoms with Gasteiger partial charge in [-0.2, -0.15) is 0 Å².